The van der Waals surface area contributed by atoms with E-state index in [-0.39, 0.29) is 17.5 Å². The fraction of sp³-hybridized carbons (Fsp3) is 0.786. The van der Waals surface area contributed by atoms with Gasteiger partial charge < -0.3 is 5.11 Å². The van der Waals surface area contributed by atoms with Crippen molar-refractivity contribution in [1.82, 2.24) is 14.1 Å². The Bertz CT molecular complexity index is 511. The maximum absolute atomic E-state index is 12.7. The van der Waals surface area contributed by atoms with Gasteiger partial charge in [-0.05, 0) is 26.7 Å². The van der Waals surface area contributed by atoms with Crippen molar-refractivity contribution < 1.29 is 13.5 Å². The van der Waals surface area contributed by atoms with Gasteiger partial charge in [-0.2, -0.15) is 9.40 Å². The topological polar surface area (TPSA) is 75.4 Å². The predicted molar refractivity (Wildman–Crippen MR) is 82.5 cm³/mol. The number of aryl methyl sites for hydroxylation is 1. The fourth-order valence-corrected chi connectivity index (χ4v) is 3.77. The van der Waals surface area contributed by atoms with Crippen LogP contribution < -0.4 is 0 Å². The Balaban J connectivity index is 2.86. The van der Waals surface area contributed by atoms with Crippen LogP contribution in [0.3, 0.4) is 0 Å². The van der Waals surface area contributed by atoms with Crippen LogP contribution in [0, 0.1) is 0 Å². The second-order valence-corrected chi connectivity index (χ2v) is 7.32. The van der Waals surface area contributed by atoms with E-state index < -0.39 is 10.0 Å². The number of nitrogens with zero attached hydrogens (tertiary/aromatic N) is 3. The third kappa shape index (κ3) is 5.09. The lowest BCUT2D eigenvalue weighted by atomic mass is 10.2. The van der Waals surface area contributed by atoms with Crippen molar-refractivity contribution in [2.75, 3.05) is 13.2 Å². The van der Waals surface area contributed by atoms with Crippen LogP contribution in [0.4, 0.5) is 0 Å². The van der Waals surface area contributed by atoms with Crippen molar-refractivity contribution in [3.63, 3.8) is 0 Å². The molecule has 7 heteroatoms. The summed E-state index contributed by atoms with van der Waals surface area (Å²) in [5.74, 6) is 0. The Morgan fingerprint density at radius 1 is 1.33 bits per heavy atom. The minimum atomic E-state index is -3.50. The molecule has 0 amide bonds. The van der Waals surface area contributed by atoms with Gasteiger partial charge in [-0.15, -0.1) is 0 Å². The number of hydrogen-bond donors (Lipinski definition) is 1. The zero-order valence-corrected chi connectivity index (χ0v) is 14.0. The van der Waals surface area contributed by atoms with Gasteiger partial charge in [-0.3, -0.25) is 4.68 Å². The standard InChI is InChI=1S/C14H27N3O3S/c1-4-5-6-9-17(13(2)3)21(19,20)14-11-15-16(12-14)8-7-10-18/h11-13,18H,4-10H2,1-3H3. The zero-order valence-electron chi connectivity index (χ0n) is 13.2. The highest BCUT2D eigenvalue weighted by Crippen LogP contribution is 2.18. The smallest absolute Gasteiger partial charge is 0.246 e. The predicted octanol–water partition coefficient (Wildman–Crippen LogP) is 1.85. The van der Waals surface area contributed by atoms with E-state index in [0.29, 0.717) is 19.5 Å². The number of hydrogen-bond acceptors (Lipinski definition) is 4. The summed E-state index contributed by atoms with van der Waals surface area (Å²) in [4.78, 5) is 0.227. The molecule has 21 heavy (non-hydrogen) atoms. The van der Waals surface area contributed by atoms with Crippen LogP contribution in [0.1, 0.15) is 46.5 Å². The van der Waals surface area contributed by atoms with Crippen LogP contribution in [0.15, 0.2) is 17.3 Å². The molecule has 0 bridgehead atoms. The minimum absolute atomic E-state index is 0.0665. The van der Waals surface area contributed by atoms with E-state index >= 15 is 0 Å². The molecule has 122 valence electrons. The highest BCUT2D eigenvalue weighted by Gasteiger charge is 2.27. The molecule has 1 aromatic rings. The lowest BCUT2D eigenvalue weighted by Gasteiger charge is -2.25. The first kappa shape index (κ1) is 18.1. The van der Waals surface area contributed by atoms with Crippen molar-refractivity contribution in [3.8, 4) is 0 Å². The van der Waals surface area contributed by atoms with E-state index in [1.807, 2.05) is 13.8 Å². The first-order valence-corrected chi connectivity index (χ1v) is 9.02. The molecule has 0 fully saturated rings. The molecule has 1 heterocycles. The summed E-state index contributed by atoms with van der Waals surface area (Å²) in [5, 5.41) is 12.9. The molecule has 0 aliphatic heterocycles. The molecule has 0 aliphatic rings. The molecule has 1 aromatic heterocycles. The second kappa shape index (κ2) is 8.51. The summed E-state index contributed by atoms with van der Waals surface area (Å²) in [6, 6.07) is -0.0763. The van der Waals surface area contributed by atoms with Gasteiger partial charge in [0.15, 0.2) is 0 Å². The van der Waals surface area contributed by atoms with Gasteiger partial charge in [0.1, 0.15) is 4.90 Å². The van der Waals surface area contributed by atoms with Crippen molar-refractivity contribution >= 4 is 10.0 Å². The van der Waals surface area contributed by atoms with E-state index in [1.54, 1.807) is 10.9 Å². The fourth-order valence-electron chi connectivity index (χ4n) is 2.14. The van der Waals surface area contributed by atoms with Gasteiger partial charge in [0, 0.05) is 31.9 Å². The molecule has 0 spiro atoms. The molecule has 0 unspecified atom stereocenters. The maximum atomic E-state index is 12.7. The monoisotopic (exact) mass is 317 g/mol. The molecule has 0 aromatic carbocycles. The van der Waals surface area contributed by atoms with E-state index in [2.05, 4.69) is 12.0 Å². The molecule has 1 rings (SSSR count). The van der Waals surface area contributed by atoms with Crippen LogP contribution in [0.2, 0.25) is 0 Å². The number of aliphatic hydroxyl groups is 1. The molecule has 6 nitrogen and oxygen atoms in total. The lowest BCUT2D eigenvalue weighted by Crippen LogP contribution is -2.37. The Morgan fingerprint density at radius 2 is 2.05 bits per heavy atom. The molecule has 0 saturated carbocycles. The quantitative estimate of drug-likeness (QED) is 0.668. The highest BCUT2D eigenvalue weighted by molar-refractivity contribution is 7.89. The van der Waals surface area contributed by atoms with Gasteiger partial charge in [-0.1, -0.05) is 19.8 Å². The average molecular weight is 317 g/mol. The SMILES string of the molecule is CCCCCN(C(C)C)S(=O)(=O)c1cnn(CCCO)c1. The van der Waals surface area contributed by atoms with E-state index in [1.165, 1.54) is 10.5 Å². The lowest BCUT2D eigenvalue weighted by molar-refractivity contribution is 0.277. The van der Waals surface area contributed by atoms with Crippen LogP contribution in [-0.4, -0.2) is 46.8 Å². The third-order valence-electron chi connectivity index (χ3n) is 3.32. The maximum Gasteiger partial charge on any atom is 0.246 e. The third-order valence-corrected chi connectivity index (χ3v) is 5.35. The first-order valence-electron chi connectivity index (χ1n) is 7.58. The van der Waals surface area contributed by atoms with E-state index in [4.69, 9.17) is 5.11 Å². The Morgan fingerprint density at radius 3 is 2.62 bits per heavy atom. The Labute approximate surface area is 127 Å². The van der Waals surface area contributed by atoms with Crippen LogP contribution in [0.5, 0.6) is 0 Å². The van der Waals surface area contributed by atoms with Crippen LogP contribution in [-0.2, 0) is 16.6 Å². The molecule has 0 radical (unpaired) electrons. The molecule has 1 N–H and O–H groups in total. The summed E-state index contributed by atoms with van der Waals surface area (Å²) < 4.78 is 28.5. The van der Waals surface area contributed by atoms with Gasteiger partial charge in [0.05, 0.1) is 6.20 Å². The largest absolute Gasteiger partial charge is 0.396 e. The van der Waals surface area contributed by atoms with Crippen LogP contribution >= 0.6 is 0 Å². The second-order valence-electron chi connectivity index (χ2n) is 5.43. The Kier molecular flexibility index (Phi) is 7.34. The van der Waals surface area contributed by atoms with Crippen molar-refractivity contribution in [3.05, 3.63) is 12.4 Å². The molecular weight excluding hydrogens is 290 g/mol. The number of rotatable bonds is 10. The Hall–Kier alpha value is -0.920. The number of aliphatic hydroxyl groups excluding tert-OH is 1. The summed E-state index contributed by atoms with van der Waals surface area (Å²) >= 11 is 0. The highest BCUT2D eigenvalue weighted by atomic mass is 32.2. The summed E-state index contributed by atoms with van der Waals surface area (Å²) in [6.07, 6.45) is 6.44. The van der Waals surface area contributed by atoms with Crippen molar-refractivity contribution in [1.29, 1.82) is 0 Å². The van der Waals surface area contributed by atoms with E-state index in [0.717, 1.165) is 19.3 Å². The summed E-state index contributed by atoms with van der Waals surface area (Å²) in [6.45, 7) is 7.00. The van der Waals surface area contributed by atoms with Crippen LogP contribution in [0.25, 0.3) is 0 Å². The normalized spacial score (nSPS) is 12.5. The van der Waals surface area contributed by atoms with Gasteiger partial charge in [0.2, 0.25) is 10.0 Å². The van der Waals surface area contributed by atoms with Gasteiger partial charge in [0.25, 0.3) is 0 Å². The molecular formula is C14H27N3O3S. The van der Waals surface area contributed by atoms with Gasteiger partial charge in [-0.25, -0.2) is 8.42 Å². The minimum Gasteiger partial charge on any atom is -0.396 e. The molecule has 0 aliphatic carbocycles. The molecule has 0 saturated heterocycles. The average Bonchev–Trinajstić information content (AvgIpc) is 2.90. The summed E-state index contributed by atoms with van der Waals surface area (Å²) in [5.41, 5.74) is 0. The van der Waals surface area contributed by atoms with Gasteiger partial charge >= 0.3 is 0 Å². The number of aromatic nitrogens is 2. The van der Waals surface area contributed by atoms with Crippen molar-refractivity contribution in [2.45, 2.75) is 63.9 Å². The van der Waals surface area contributed by atoms with Crippen molar-refractivity contribution in [2.24, 2.45) is 0 Å². The zero-order chi connectivity index (χ0) is 15.9. The number of sulfonamides is 1. The summed E-state index contributed by atoms with van der Waals surface area (Å²) in [7, 11) is -3.50. The van der Waals surface area contributed by atoms with E-state index in [9.17, 15) is 8.42 Å². The molecule has 0 atom stereocenters. The first-order chi connectivity index (χ1) is 9.93. The number of unbranched alkanes of at least 4 members (excludes halogenated alkanes) is 2.